The minimum atomic E-state index is 0.125. The van der Waals surface area contributed by atoms with Crippen molar-refractivity contribution in [3.63, 3.8) is 0 Å². The zero-order valence-corrected chi connectivity index (χ0v) is 15.5. The third-order valence-electron chi connectivity index (χ3n) is 2.71. The first-order valence-electron chi connectivity index (χ1n) is 5.34. The highest BCUT2D eigenvalue weighted by Crippen LogP contribution is 2.49. The average Bonchev–Trinajstić information content (AvgIpc) is 2.45. The van der Waals surface area contributed by atoms with Gasteiger partial charge in [-0.2, -0.15) is 0 Å². The minimum absolute atomic E-state index is 0.125. The molecule has 8 heteroatoms. The van der Waals surface area contributed by atoms with Crippen molar-refractivity contribution in [3.8, 4) is 16.9 Å². The number of rotatable bonds is 2. The van der Waals surface area contributed by atoms with Crippen molar-refractivity contribution < 1.29 is 4.74 Å². The molecule has 0 aliphatic carbocycles. The lowest BCUT2D eigenvalue weighted by Gasteiger charge is -2.14. The lowest BCUT2D eigenvalue weighted by Crippen LogP contribution is -1.91. The molecule has 0 saturated heterocycles. The fraction of sp³-hybridized carbons (Fsp3) is 0.0769. The van der Waals surface area contributed by atoms with Crippen LogP contribution in [0.5, 0.6) is 5.75 Å². The standard InChI is InChI=1S/C13H5Cl7O/c1-21-13-7(15)3-5(9(17)12(13)20)4-2-6(14)10(18)11(19)8(4)16/h2-3H,1H3. The Morgan fingerprint density at radius 2 is 1.10 bits per heavy atom. The van der Waals surface area contributed by atoms with Crippen molar-refractivity contribution >= 4 is 81.2 Å². The van der Waals surface area contributed by atoms with Crippen LogP contribution in [0.2, 0.25) is 35.2 Å². The summed E-state index contributed by atoms with van der Waals surface area (Å²) in [6.45, 7) is 0. The summed E-state index contributed by atoms with van der Waals surface area (Å²) in [7, 11) is 1.44. The molecule has 0 aliphatic rings. The molecule has 0 atom stereocenters. The van der Waals surface area contributed by atoms with E-state index in [0.717, 1.165) is 0 Å². The summed E-state index contributed by atoms with van der Waals surface area (Å²) in [4.78, 5) is 0. The van der Waals surface area contributed by atoms with E-state index in [2.05, 4.69) is 0 Å². The predicted molar refractivity (Wildman–Crippen MR) is 93.5 cm³/mol. The molecule has 2 aromatic carbocycles. The fourth-order valence-corrected chi connectivity index (χ4v) is 3.49. The van der Waals surface area contributed by atoms with Gasteiger partial charge in [-0.1, -0.05) is 81.2 Å². The maximum atomic E-state index is 6.25. The molecule has 0 amide bonds. The van der Waals surface area contributed by atoms with Gasteiger partial charge >= 0.3 is 0 Å². The van der Waals surface area contributed by atoms with E-state index < -0.39 is 0 Å². The second kappa shape index (κ2) is 6.80. The summed E-state index contributed by atoms with van der Waals surface area (Å²) in [5, 5.41) is 1.38. The van der Waals surface area contributed by atoms with E-state index in [1.165, 1.54) is 7.11 Å². The van der Waals surface area contributed by atoms with E-state index in [1.54, 1.807) is 12.1 Å². The topological polar surface area (TPSA) is 9.23 Å². The average molecular weight is 425 g/mol. The van der Waals surface area contributed by atoms with Crippen molar-refractivity contribution in [3.05, 3.63) is 47.3 Å². The first kappa shape index (κ1) is 17.6. The molecule has 0 radical (unpaired) electrons. The van der Waals surface area contributed by atoms with Crippen molar-refractivity contribution in [2.24, 2.45) is 0 Å². The first-order chi connectivity index (χ1) is 9.79. The Balaban J connectivity index is 2.80. The molecule has 0 bridgehead atoms. The number of benzene rings is 2. The van der Waals surface area contributed by atoms with Gasteiger partial charge in [-0.15, -0.1) is 0 Å². The Hall–Kier alpha value is 0.270. The van der Waals surface area contributed by atoms with Gasteiger partial charge in [0.15, 0.2) is 5.75 Å². The smallest absolute Gasteiger partial charge is 0.157 e. The van der Waals surface area contributed by atoms with Gasteiger partial charge in [-0.05, 0) is 12.1 Å². The van der Waals surface area contributed by atoms with Crippen molar-refractivity contribution in [2.75, 3.05) is 7.11 Å². The molecular weight excluding hydrogens is 420 g/mol. The Morgan fingerprint density at radius 1 is 0.619 bits per heavy atom. The lowest BCUT2D eigenvalue weighted by atomic mass is 10.1. The van der Waals surface area contributed by atoms with Crippen molar-refractivity contribution in [1.29, 1.82) is 0 Å². The lowest BCUT2D eigenvalue weighted by molar-refractivity contribution is 0.415. The molecule has 112 valence electrons. The molecule has 0 unspecified atom stereocenters. The minimum Gasteiger partial charge on any atom is -0.494 e. The van der Waals surface area contributed by atoms with Gasteiger partial charge in [0.25, 0.3) is 0 Å². The molecule has 2 aromatic rings. The van der Waals surface area contributed by atoms with E-state index in [4.69, 9.17) is 85.9 Å². The van der Waals surface area contributed by atoms with Crippen LogP contribution in [0.15, 0.2) is 12.1 Å². The Kier molecular flexibility index (Phi) is 5.71. The van der Waals surface area contributed by atoms with Crippen LogP contribution in [0.1, 0.15) is 0 Å². The monoisotopic (exact) mass is 422 g/mol. The predicted octanol–water partition coefficient (Wildman–Crippen LogP) is 7.94. The molecule has 0 saturated carbocycles. The number of methoxy groups -OCH3 is 1. The molecule has 1 nitrogen and oxygen atoms in total. The normalized spacial score (nSPS) is 10.9. The number of hydrogen-bond acceptors (Lipinski definition) is 1. The summed E-state index contributed by atoms with van der Waals surface area (Å²) in [6.07, 6.45) is 0. The second-order valence-corrected chi connectivity index (χ2v) is 6.62. The van der Waals surface area contributed by atoms with Crippen LogP contribution in [-0.4, -0.2) is 7.11 Å². The van der Waals surface area contributed by atoms with Crippen molar-refractivity contribution in [2.45, 2.75) is 0 Å². The van der Waals surface area contributed by atoms with Gasteiger partial charge < -0.3 is 4.74 Å². The molecule has 2 rings (SSSR count). The molecule has 0 fully saturated rings. The molecule has 0 N–H and O–H groups in total. The molecule has 0 spiro atoms. The van der Waals surface area contributed by atoms with E-state index >= 15 is 0 Å². The maximum Gasteiger partial charge on any atom is 0.157 e. The largest absolute Gasteiger partial charge is 0.494 e. The molecule has 21 heavy (non-hydrogen) atoms. The number of hydrogen-bond donors (Lipinski definition) is 0. The van der Waals surface area contributed by atoms with Crippen LogP contribution in [0, 0.1) is 0 Å². The van der Waals surface area contributed by atoms with E-state index in [0.29, 0.717) is 11.1 Å². The first-order valence-corrected chi connectivity index (χ1v) is 7.99. The van der Waals surface area contributed by atoms with Crippen LogP contribution in [0.3, 0.4) is 0 Å². The van der Waals surface area contributed by atoms with Gasteiger partial charge in [0.2, 0.25) is 0 Å². The SMILES string of the molecule is COc1c(Cl)cc(-c2cc(Cl)c(Cl)c(Cl)c2Cl)c(Cl)c1Cl. The summed E-state index contributed by atoms with van der Waals surface area (Å²) in [5.74, 6) is 0.273. The third-order valence-corrected chi connectivity index (χ3v) is 5.60. The van der Waals surface area contributed by atoms with Gasteiger partial charge in [0.1, 0.15) is 5.02 Å². The molecular formula is C13H5Cl7O. The van der Waals surface area contributed by atoms with E-state index in [9.17, 15) is 0 Å². The molecule has 0 aromatic heterocycles. The molecule has 0 aliphatic heterocycles. The highest BCUT2D eigenvalue weighted by Gasteiger charge is 2.21. The zero-order valence-electron chi connectivity index (χ0n) is 10.2. The van der Waals surface area contributed by atoms with Crippen LogP contribution in [0.4, 0.5) is 0 Å². The second-order valence-electron chi connectivity index (χ2n) is 3.92. The van der Waals surface area contributed by atoms with Gasteiger partial charge in [-0.3, -0.25) is 0 Å². The third kappa shape index (κ3) is 3.16. The van der Waals surface area contributed by atoms with Gasteiger partial charge in [0.05, 0.1) is 37.2 Å². The van der Waals surface area contributed by atoms with Crippen LogP contribution in [0.25, 0.3) is 11.1 Å². The number of ether oxygens (including phenoxy) is 1. The van der Waals surface area contributed by atoms with Crippen LogP contribution < -0.4 is 4.74 Å². The summed E-state index contributed by atoms with van der Waals surface area (Å²) >= 11 is 42.7. The summed E-state index contributed by atoms with van der Waals surface area (Å²) < 4.78 is 5.09. The quantitative estimate of drug-likeness (QED) is 0.351. The Morgan fingerprint density at radius 3 is 1.62 bits per heavy atom. The van der Waals surface area contributed by atoms with E-state index in [1.807, 2.05) is 0 Å². The molecule has 0 heterocycles. The van der Waals surface area contributed by atoms with E-state index in [-0.39, 0.29) is 40.9 Å². The summed E-state index contributed by atoms with van der Waals surface area (Å²) in [5.41, 5.74) is 0.936. The van der Waals surface area contributed by atoms with Gasteiger partial charge in [-0.25, -0.2) is 0 Å². The number of halogens is 7. The van der Waals surface area contributed by atoms with Crippen molar-refractivity contribution in [1.82, 2.24) is 0 Å². The highest BCUT2D eigenvalue weighted by atomic mass is 35.5. The van der Waals surface area contributed by atoms with Crippen LogP contribution in [-0.2, 0) is 0 Å². The fourth-order valence-electron chi connectivity index (χ4n) is 1.73. The highest BCUT2D eigenvalue weighted by molar-refractivity contribution is 6.53. The maximum absolute atomic E-state index is 6.25. The Bertz CT molecular complexity index is 727. The Labute approximate surface area is 156 Å². The summed E-state index contributed by atoms with van der Waals surface area (Å²) in [6, 6.07) is 3.11. The zero-order chi connectivity index (χ0) is 15.9. The van der Waals surface area contributed by atoms with Gasteiger partial charge in [0, 0.05) is 11.1 Å². The van der Waals surface area contributed by atoms with Crippen LogP contribution >= 0.6 is 81.2 Å².